The molecule has 5 heteroatoms. The van der Waals surface area contributed by atoms with Gasteiger partial charge in [0.15, 0.2) is 0 Å². The zero-order valence-corrected chi connectivity index (χ0v) is 12.3. The molecule has 112 valence electrons. The SMILES string of the molecule is COC(=O)C(COc1cccc(OC)c1)c1ccc(C)o1. The number of esters is 1. The number of hydrogen-bond donors (Lipinski definition) is 0. The van der Waals surface area contributed by atoms with Gasteiger partial charge in [-0.3, -0.25) is 4.79 Å². The lowest BCUT2D eigenvalue weighted by molar-refractivity contribution is -0.143. The fraction of sp³-hybridized carbons (Fsp3) is 0.312. The smallest absolute Gasteiger partial charge is 0.319 e. The van der Waals surface area contributed by atoms with Crippen LogP contribution in [-0.4, -0.2) is 26.8 Å². The van der Waals surface area contributed by atoms with Crippen LogP contribution in [0.25, 0.3) is 0 Å². The Morgan fingerprint density at radius 2 is 1.95 bits per heavy atom. The van der Waals surface area contributed by atoms with Crippen molar-refractivity contribution < 1.29 is 23.4 Å². The number of methoxy groups -OCH3 is 2. The molecule has 0 N–H and O–H groups in total. The molecule has 0 aliphatic heterocycles. The molecule has 0 saturated heterocycles. The summed E-state index contributed by atoms with van der Waals surface area (Å²) >= 11 is 0. The second-order valence-electron chi connectivity index (χ2n) is 4.51. The van der Waals surface area contributed by atoms with Crippen molar-refractivity contribution in [2.45, 2.75) is 12.8 Å². The molecule has 1 aromatic carbocycles. The summed E-state index contributed by atoms with van der Waals surface area (Å²) in [5.74, 6) is 1.58. The Hall–Kier alpha value is -2.43. The second-order valence-corrected chi connectivity index (χ2v) is 4.51. The molecule has 0 aliphatic rings. The Morgan fingerprint density at radius 3 is 2.57 bits per heavy atom. The Morgan fingerprint density at radius 1 is 1.19 bits per heavy atom. The Labute approximate surface area is 123 Å². The van der Waals surface area contributed by atoms with E-state index in [-0.39, 0.29) is 6.61 Å². The van der Waals surface area contributed by atoms with Crippen molar-refractivity contribution in [3.8, 4) is 11.5 Å². The molecule has 0 spiro atoms. The van der Waals surface area contributed by atoms with Crippen molar-refractivity contribution >= 4 is 5.97 Å². The largest absolute Gasteiger partial charge is 0.497 e. The maximum atomic E-state index is 11.9. The van der Waals surface area contributed by atoms with E-state index in [2.05, 4.69) is 0 Å². The normalized spacial score (nSPS) is 11.8. The van der Waals surface area contributed by atoms with Gasteiger partial charge in [0, 0.05) is 6.07 Å². The summed E-state index contributed by atoms with van der Waals surface area (Å²) in [5, 5.41) is 0. The summed E-state index contributed by atoms with van der Waals surface area (Å²) in [6.07, 6.45) is 0. The summed E-state index contributed by atoms with van der Waals surface area (Å²) in [6.45, 7) is 1.95. The zero-order chi connectivity index (χ0) is 15.2. The Bertz CT molecular complexity index is 602. The lowest BCUT2D eigenvalue weighted by atomic mass is 10.1. The Kier molecular flexibility index (Phi) is 4.87. The zero-order valence-electron chi connectivity index (χ0n) is 12.3. The number of hydrogen-bond acceptors (Lipinski definition) is 5. The van der Waals surface area contributed by atoms with Gasteiger partial charge in [-0.2, -0.15) is 0 Å². The van der Waals surface area contributed by atoms with Crippen molar-refractivity contribution in [2.24, 2.45) is 0 Å². The highest BCUT2D eigenvalue weighted by Crippen LogP contribution is 2.24. The molecule has 0 amide bonds. The van der Waals surface area contributed by atoms with E-state index in [9.17, 15) is 4.79 Å². The van der Waals surface area contributed by atoms with E-state index in [1.54, 1.807) is 31.4 Å². The first-order valence-corrected chi connectivity index (χ1v) is 6.55. The minimum absolute atomic E-state index is 0.132. The summed E-state index contributed by atoms with van der Waals surface area (Å²) in [6, 6.07) is 10.7. The average Bonchev–Trinajstić information content (AvgIpc) is 2.93. The molecule has 0 bridgehead atoms. The quantitative estimate of drug-likeness (QED) is 0.766. The number of aryl methyl sites for hydroxylation is 1. The lowest BCUT2D eigenvalue weighted by Gasteiger charge is -2.14. The summed E-state index contributed by atoms with van der Waals surface area (Å²) < 4.78 is 21.1. The highest BCUT2D eigenvalue weighted by molar-refractivity contribution is 5.77. The third-order valence-electron chi connectivity index (χ3n) is 3.05. The van der Waals surface area contributed by atoms with Crippen molar-refractivity contribution in [2.75, 3.05) is 20.8 Å². The van der Waals surface area contributed by atoms with Gasteiger partial charge in [0.25, 0.3) is 0 Å². The van der Waals surface area contributed by atoms with Crippen LogP contribution in [0.2, 0.25) is 0 Å². The van der Waals surface area contributed by atoms with Gasteiger partial charge >= 0.3 is 5.97 Å². The molecule has 1 atom stereocenters. The van der Waals surface area contributed by atoms with E-state index in [1.807, 2.05) is 19.1 Å². The number of rotatable bonds is 6. The molecule has 5 nitrogen and oxygen atoms in total. The van der Waals surface area contributed by atoms with Gasteiger partial charge in [0.05, 0.1) is 14.2 Å². The van der Waals surface area contributed by atoms with Crippen LogP contribution in [0.4, 0.5) is 0 Å². The highest BCUT2D eigenvalue weighted by atomic mass is 16.5. The van der Waals surface area contributed by atoms with Gasteiger partial charge in [0.2, 0.25) is 0 Å². The average molecular weight is 290 g/mol. The molecule has 0 saturated carbocycles. The lowest BCUT2D eigenvalue weighted by Crippen LogP contribution is -2.20. The second kappa shape index (κ2) is 6.83. The van der Waals surface area contributed by atoms with Gasteiger partial charge in [-0.05, 0) is 31.2 Å². The maximum Gasteiger partial charge on any atom is 0.319 e. The maximum absolute atomic E-state index is 11.9. The van der Waals surface area contributed by atoms with Gasteiger partial charge in [-0.15, -0.1) is 0 Å². The molecule has 2 rings (SSSR count). The molecule has 1 unspecified atom stereocenters. The fourth-order valence-corrected chi connectivity index (χ4v) is 1.92. The minimum atomic E-state index is -0.602. The van der Waals surface area contributed by atoms with E-state index in [0.717, 1.165) is 5.76 Å². The molecular formula is C16H18O5. The van der Waals surface area contributed by atoms with Gasteiger partial charge < -0.3 is 18.6 Å². The van der Waals surface area contributed by atoms with E-state index >= 15 is 0 Å². The van der Waals surface area contributed by atoms with Crippen LogP contribution in [-0.2, 0) is 9.53 Å². The molecule has 2 aromatic rings. The third-order valence-corrected chi connectivity index (χ3v) is 3.05. The molecule has 0 aliphatic carbocycles. The van der Waals surface area contributed by atoms with Crippen molar-refractivity contribution in [1.29, 1.82) is 0 Å². The predicted molar refractivity (Wildman–Crippen MR) is 76.7 cm³/mol. The number of carbonyl (C=O) groups is 1. The van der Waals surface area contributed by atoms with Crippen molar-refractivity contribution in [3.05, 3.63) is 47.9 Å². The fourth-order valence-electron chi connectivity index (χ4n) is 1.92. The topological polar surface area (TPSA) is 57.9 Å². The summed E-state index contributed by atoms with van der Waals surface area (Å²) in [4.78, 5) is 11.9. The van der Waals surface area contributed by atoms with Crippen molar-refractivity contribution in [1.82, 2.24) is 0 Å². The van der Waals surface area contributed by atoms with E-state index in [0.29, 0.717) is 17.3 Å². The van der Waals surface area contributed by atoms with E-state index < -0.39 is 11.9 Å². The van der Waals surface area contributed by atoms with Crippen LogP contribution in [0.5, 0.6) is 11.5 Å². The van der Waals surface area contributed by atoms with Crippen molar-refractivity contribution in [3.63, 3.8) is 0 Å². The van der Waals surface area contributed by atoms with E-state index in [1.165, 1.54) is 7.11 Å². The number of ether oxygens (including phenoxy) is 3. The standard InChI is InChI=1S/C16H18O5/c1-11-7-8-15(21-11)14(16(17)19-3)10-20-13-6-4-5-12(9-13)18-2/h4-9,14H,10H2,1-3H3. The van der Waals surface area contributed by atoms with Crippen LogP contribution in [0.15, 0.2) is 40.8 Å². The molecular weight excluding hydrogens is 272 g/mol. The van der Waals surface area contributed by atoms with Gasteiger partial charge in [-0.25, -0.2) is 0 Å². The predicted octanol–water partition coefficient (Wildman–Crippen LogP) is 2.93. The number of carbonyl (C=O) groups excluding carboxylic acids is 1. The first kappa shape index (κ1) is 15.0. The minimum Gasteiger partial charge on any atom is -0.497 e. The van der Waals surface area contributed by atoms with Crippen LogP contribution >= 0.6 is 0 Å². The molecule has 0 fully saturated rings. The Balaban J connectivity index is 2.10. The van der Waals surface area contributed by atoms with Crippen LogP contribution in [0, 0.1) is 6.92 Å². The highest BCUT2D eigenvalue weighted by Gasteiger charge is 2.25. The monoisotopic (exact) mass is 290 g/mol. The number of benzene rings is 1. The molecule has 21 heavy (non-hydrogen) atoms. The molecule has 0 radical (unpaired) electrons. The van der Waals surface area contributed by atoms with Crippen LogP contribution in [0.3, 0.4) is 0 Å². The summed E-state index contributed by atoms with van der Waals surface area (Å²) in [5.41, 5.74) is 0. The van der Waals surface area contributed by atoms with Crippen LogP contribution < -0.4 is 9.47 Å². The first-order chi connectivity index (χ1) is 10.1. The van der Waals surface area contributed by atoms with E-state index in [4.69, 9.17) is 18.6 Å². The third kappa shape index (κ3) is 3.78. The van der Waals surface area contributed by atoms with Gasteiger partial charge in [-0.1, -0.05) is 6.07 Å². The van der Waals surface area contributed by atoms with Crippen LogP contribution in [0.1, 0.15) is 17.4 Å². The number of furan rings is 1. The molecule has 1 heterocycles. The van der Waals surface area contributed by atoms with Gasteiger partial charge in [0.1, 0.15) is 35.5 Å². The molecule has 1 aromatic heterocycles. The summed E-state index contributed by atoms with van der Waals surface area (Å²) in [7, 11) is 2.93. The first-order valence-electron chi connectivity index (χ1n) is 6.55.